The van der Waals surface area contributed by atoms with Crippen LogP contribution in [0.1, 0.15) is 38.5 Å². The van der Waals surface area contributed by atoms with Crippen LogP contribution in [0.3, 0.4) is 0 Å². The molecule has 2 aliphatic heterocycles. The molecule has 2 amide bonds. The van der Waals surface area contributed by atoms with Crippen molar-refractivity contribution in [3.63, 3.8) is 0 Å². The number of hydrogen-bond donors (Lipinski definition) is 1. The minimum Gasteiger partial charge on any atom is -0.381 e. The van der Waals surface area contributed by atoms with E-state index in [4.69, 9.17) is 4.74 Å². The molecular weight excluding hydrogens is 306 g/mol. The van der Waals surface area contributed by atoms with Gasteiger partial charge < -0.3 is 15.0 Å². The van der Waals surface area contributed by atoms with Gasteiger partial charge in [-0.15, -0.1) is 0 Å². The molecular formula is C18H31N3O3. The Kier molecular flexibility index (Phi) is 6.11. The highest BCUT2D eigenvalue weighted by molar-refractivity contribution is 5.82. The van der Waals surface area contributed by atoms with Crippen molar-refractivity contribution in [2.45, 2.75) is 44.6 Å². The van der Waals surface area contributed by atoms with Crippen LogP contribution in [-0.4, -0.2) is 74.1 Å². The number of hydrogen-bond acceptors (Lipinski definition) is 4. The Morgan fingerprint density at radius 2 is 1.67 bits per heavy atom. The molecule has 136 valence electrons. The van der Waals surface area contributed by atoms with Gasteiger partial charge in [-0.25, -0.2) is 0 Å². The van der Waals surface area contributed by atoms with E-state index in [1.54, 1.807) is 7.05 Å². The van der Waals surface area contributed by atoms with Gasteiger partial charge in [0.15, 0.2) is 0 Å². The lowest BCUT2D eigenvalue weighted by Gasteiger charge is -2.34. The van der Waals surface area contributed by atoms with Gasteiger partial charge in [-0.2, -0.15) is 0 Å². The average Bonchev–Trinajstić information content (AvgIpc) is 3.07. The maximum atomic E-state index is 12.8. The first kappa shape index (κ1) is 17.7. The van der Waals surface area contributed by atoms with E-state index in [0.717, 1.165) is 71.4 Å². The Bertz CT molecular complexity index is 445. The van der Waals surface area contributed by atoms with Crippen LogP contribution in [0, 0.1) is 11.8 Å². The summed E-state index contributed by atoms with van der Waals surface area (Å²) >= 11 is 0. The number of amides is 2. The highest BCUT2D eigenvalue weighted by Crippen LogP contribution is 2.28. The van der Waals surface area contributed by atoms with Gasteiger partial charge in [0.1, 0.15) is 0 Å². The zero-order valence-electron chi connectivity index (χ0n) is 14.8. The number of rotatable bonds is 3. The molecule has 6 heteroatoms. The van der Waals surface area contributed by atoms with Crippen molar-refractivity contribution >= 4 is 11.8 Å². The molecule has 0 radical (unpaired) electrons. The summed E-state index contributed by atoms with van der Waals surface area (Å²) in [6, 6.07) is 0.479. The molecule has 6 nitrogen and oxygen atoms in total. The fraction of sp³-hybridized carbons (Fsp3) is 0.889. The highest BCUT2D eigenvalue weighted by Gasteiger charge is 2.35. The maximum Gasteiger partial charge on any atom is 0.225 e. The van der Waals surface area contributed by atoms with E-state index in [9.17, 15) is 9.59 Å². The van der Waals surface area contributed by atoms with E-state index >= 15 is 0 Å². The largest absolute Gasteiger partial charge is 0.381 e. The van der Waals surface area contributed by atoms with Gasteiger partial charge in [-0.1, -0.05) is 12.8 Å². The topological polar surface area (TPSA) is 61.9 Å². The molecule has 0 aromatic carbocycles. The Hall–Kier alpha value is -1.14. The molecule has 1 atom stereocenters. The van der Waals surface area contributed by atoms with Gasteiger partial charge in [0.2, 0.25) is 11.8 Å². The van der Waals surface area contributed by atoms with E-state index in [0.29, 0.717) is 12.6 Å². The van der Waals surface area contributed by atoms with Gasteiger partial charge in [-0.05, 0) is 25.7 Å². The minimum absolute atomic E-state index is 0.0539. The number of nitrogens with one attached hydrogen (secondary N) is 1. The van der Waals surface area contributed by atoms with Crippen molar-refractivity contribution in [1.29, 1.82) is 0 Å². The van der Waals surface area contributed by atoms with E-state index in [1.807, 2.05) is 4.90 Å². The zero-order chi connectivity index (χ0) is 16.9. The molecule has 0 unspecified atom stereocenters. The SMILES string of the molecule is CNC(=O)[C@H]1CN(C(=O)C2CCCC2)CCN(C2CCOCC2)C1. The molecule has 3 rings (SSSR count). The summed E-state index contributed by atoms with van der Waals surface area (Å²) < 4.78 is 5.47. The van der Waals surface area contributed by atoms with Gasteiger partial charge in [0.25, 0.3) is 0 Å². The minimum atomic E-state index is -0.134. The molecule has 2 heterocycles. The molecule has 3 aliphatic rings. The second-order valence-electron chi connectivity index (χ2n) is 7.42. The van der Waals surface area contributed by atoms with Crippen LogP contribution in [0.15, 0.2) is 0 Å². The Balaban J connectivity index is 1.69. The van der Waals surface area contributed by atoms with Crippen LogP contribution >= 0.6 is 0 Å². The second-order valence-corrected chi connectivity index (χ2v) is 7.42. The quantitative estimate of drug-likeness (QED) is 0.830. The summed E-state index contributed by atoms with van der Waals surface area (Å²) in [6.07, 6.45) is 6.41. The number of carbonyl (C=O) groups is 2. The van der Waals surface area contributed by atoms with Crippen LogP contribution in [-0.2, 0) is 14.3 Å². The van der Waals surface area contributed by atoms with Crippen LogP contribution in [0.2, 0.25) is 0 Å². The van der Waals surface area contributed by atoms with Crippen molar-refractivity contribution in [2.24, 2.45) is 11.8 Å². The third-order valence-electron chi connectivity index (χ3n) is 5.89. The van der Waals surface area contributed by atoms with Gasteiger partial charge >= 0.3 is 0 Å². The fourth-order valence-electron chi connectivity index (χ4n) is 4.42. The molecule has 1 N–H and O–H groups in total. The van der Waals surface area contributed by atoms with Gasteiger partial charge in [0, 0.05) is 58.4 Å². The number of carbonyl (C=O) groups excluding carboxylic acids is 2. The lowest BCUT2D eigenvalue weighted by Crippen LogP contribution is -2.45. The summed E-state index contributed by atoms with van der Waals surface area (Å²) in [5.41, 5.74) is 0. The molecule has 2 saturated heterocycles. The van der Waals surface area contributed by atoms with Crippen LogP contribution < -0.4 is 5.32 Å². The van der Waals surface area contributed by atoms with E-state index < -0.39 is 0 Å². The van der Waals surface area contributed by atoms with Crippen molar-refractivity contribution in [3.05, 3.63) is 0 Å². The van der Waals surface area contributed by atoms with E-state index in [2.05, 4.69) is 10.2 Å². The maximum absolute atomic E-state index is 12.8. The van der Waals surface area contributed by atoms with E-state index in [-0.39, 0.29) is 23.7 Å². The predicted octanol–water partition coefficient (Wildman–Crippen LogP) is 0.862. The summed E-state index contributed by atoms with van der Waals surface area (Å²) in [5, 5.41) is 2.79. The Morgan fingerprint density at radius 3 is 2.33 bits per heavy atom. The molecule has 0 aromatic heterocycles. The first-order chi connectivity index (χ1) is 11.7. The number of ether oxygens (including phenoxy) is 1. The first-order valence-electron chi connectivity index (χ1n) is 9.51. The standard InChI is InChI=1S/C18H31N3O3/c1-19-17(22)15-12-20(16-6-10-24-11-7-16)8-9-21(13-15)18(23)14-4-2-3-5-14/h14-16H,2-13H2,1H3,(H,19,22)/t15-/m1/s1. The third kappa shape index (κ3) is 4.09. The van der Waals surface area contributed by atoms with Gasteiger partial charge in [-0.3, -0.25) is 14.5 Å². The smallest absolute Gasteiger partial charge is 0.225 e. The van der Waals surface area contributed by atoms with Crippen LogP contribution in [0.25, 0.3) is 0 Å². The molecule has 0 spiro atoms. The summed E-state index contributed by atoms with van der Waals surface area (Å²) in [4.78, 5) is 29.6. The van der Waals surface area contributed by atoms with Gasteiger partial charge in [0.05, 0.1) is 5.92 Å². The van der Waals surface area contributed by atoms with Crippen LogP contribution in [0.5, 0.6) is 0 Å². The summed E-state index contributed by atoms with van der Waals surface area (Å²) in [6.45, 7) is 4.54. The Morgan fingerprint density at radius 1 is 0.958 bits per heavy atom. The van der Waals surface area contributed by atoms with E-state index in [1.165, 1.54) is 0 Å². The van der Waals surface area contributed by atoms with Crippen molar-refractivity contribution in [3.8, 4) is 0 Å². The monoisotopic (exact) mass is 337 g/mol. The predicted molar refractivity (Wildman–Crippen MR) is 91.5 cm³/mol. The fourth-order valence-corrected chi connectivity index (χ4v) is 4.42. The van der Waals surface area contributed by atoms with Crippen molar-refractivity contribution in [1.82, 2.24) is 15.1 Å². The molecule has 1 saturated carbocycles. The second kappa shape index (κ2) is 8.30. The highest BCUT2D eigenvalue weighted by atomic mass is 16.5. The van der Waals surface area contributed by atoms with Crippen molar-refractivity contribution in [2.75, 3.05) is 46.4 Å². The molecule has 0 aromatic rings. The molecule has 3 fully saturated rings. The lowest BCUT2D eigenvalue weighted by atomic mass is 10.0. The molecule has 0 bridgehead atoms. The van der Waals surface area contributed by atoms with Crippen LogP contribution in [0.4, 0.5) is 0 Å². The third-order valence-corrected chi connectivity index (χ3v) is 5.89. The molecule has 24 heavy (non-hydrogen) atoms. The zero-order valence-corrected chi connectivity index (χ0v) is 14.8. The summed E-state index contributed by atoms with van der Waals surface area (Å²) in [5.74, 6) is 0.379. The molecule has 1 aliphatic carbocycles. The average molecular weight is 337 g/mol. The normalized spacial score (nSPS) is 27.9. The lowest BCUT2D eigenvalue weighted by molar-refractivity contribution is -0.136. The first-order valence-corrected chi connectivity index (χ1v) is 9.51. The number of nitrogens with zero attached hydrogens (tertiary/aromatic N) is 2. The van der Waals surface area contributed by atoms with Crippen molar-refractivity contribution < 1.29 is 14.3 Å². The summed E-state index contributed by atoms with van der Waals surface area (Å²) in [7, 11) is 1.69. The Labute approximate surface area is 144 Å².